The molecule has 0 saturated heterocycles. The number of fused-ring (bicyclic) bond motifs is 1. The maximum Gasteiger partial charge on any atom is 0.138 e. The van der Waals surface area contributed by atoms with Gasteiger partial charge in [0.2, 0.25) is 0 Å². The highest BCUT2D eigenvalue weighted by molar-refractivity contribution is 5.35. The molecule has 1 aliphatic heterocycles. The van der Waals surface area contributed by atoms with Crippen molar-refractivity contribution in [2.75, 3.05) is 13.2 Å². The normalized spacial score (nSPS) is 18.9. The van der Waals surface area contributed by atoms with Crippen LogP contribution in [0.4, 0.5) is 0 Å². The van der Waals surface area contributed by atoms with E-state index in [0.29, 0.717) is 12.0 Å². The molecule has 0 bridgehead atoms. The fourth-order valence-electron chi connectivity index (χ4n) is 2.98. The molecule has 0 fully saturated rings. The monoisotopic (exact) mass is 286 g/mol. The number of benzene rings is 1. The van der Waals surface area contributed by atoms with Gasteiger partial charge in [-0.05, 0) is 24.6 Å². The molecule has 1 N–H and O–H groups in total. The van der Waals surface area contributed by atoms with Gasteiger partial charge in [-0.15, -0.1) is 0 Å². The summed E-state index contributed by atoms with van der Waals surface area (Å²) in [4.78, 5) is 4.35. The van der Waals surface area contributed by atoms with Gasteiger partial charge in [0.05, 0.1) is 6.61 Å². The minimum absolute atomic E-state index is 0.353. The summed E-state index contributed by atoms with van der Waals surface area (Å²) in [7, 11) is 1.94. The Morgan fingerprint density at radius 1 is 1.43 bits per heavy atom. The molecule has 2 atom stereocenters. The van der Waals surface area contributed by atoms with Crippen molar-refractivity contribution in [1.29, 1.82) is 0 Å². The van der Waals surface area contributed by atoms with Crippen molar-refractivity contribution in [2.24, 2.45) is 13.0 Å². The minimum atomic E-state index is 0.353. The SMILES string of the molecule is CCNC(Cc1ncnn1C)C1COc2ccccc2C1. The third kappa shape index (κ3) is 3.08. The first-order valence-electron chi connectivity index (χ1n) is 7.55. The summed E-state index contributed by atoms with van der Waals surface area (Å²) >= 11 is 0. The summed E-state index contributed by atoms with van der Waals surface area (Å²) in [5.41, 5.74) is 1.30. The van der Waals surface area contributed by atoms with Crippen LogP contribution in [0.1, 0.15) is 18.3 Å². The van der Waals surface area contributed by atoms with Gasteiger partial charge in [-0.1, -0.05) is 25.1 Å². The van der Waals surface area contributed by atoms with Crippen molar-refractivity contribution in [3.8, 4) is 5.75 Å². The first-order chi connectivity index (χ1) is 10.3. The molecule has 1 aromatic carbocycles. The number of likely N-dealkylation sites (N-methyl/N-ethyl adjacent to an activating group) is 1. The Balaban J connectivity index is 1.74. The summed E-state index contributed by atoms with van der Waals surface area (Å²) < 4.78 is 7.78. The molecule has 3 rings (SSSR count). The molecule has 0 aliphatic carbocycles. The Labute approximate surface area is 125 Å². The summed E-state index contributed by atoms with van der Waals surface area (Å²) in [6.07, 6.45) is 3.54. The standard InChI is InChI=1S/C16H22N4O/c1-3-17-14(9-16-18-11-19-20(16)2)13-8-12-6-4-5-7-15(12)21-10-13/h4-7,11,13-14,17H,3,8-10H2,1-2H3. The van der Waals surface area contributed by atoms with Crippen molar-refractivity contribution < 1.29 is 4.74 Å². The van der Waals surface area contributed by atoms with E-state index in [-0.39, 0.29) is 0 Å². The number of aryl methyl sites for hydroxylation is 1. The molecule has 5 heteroatoms. The van der Waals surface area contributed by atoms with E-state index in [9.17, 15) is 0 Å². The molecule has 2 heterocycles. The summed E-state index contributed by atoms with van der Waals surface area (Å²) in [5, 5.41) is 7.74. The van der Waals surface area contributed by atoms with Crippen LogP contribution < -0.4 is 10.1 Å². The van der Waals surface area contributed by atoms with Gasteiger partial charge in [-0.2, -0.15) is 5.10 Å². The van der Waals surface area contributed by atoms with E-state index in [1.54, 1.807) is 6.33 Å². The van der Waals surface area contributed by atoms with E-state index in [4.69, 9.17) is 4.74 Å². The number of hydrogen-bond acceptors (Lipinski definition) is 4. The smallest absolute Gasteiger partial charge is 0.138 e. The Morgan fingerprint density at radius 3 is 3.05 bits per heavy atom. The number of nitrogens with zero attached hydrogens (tertiary/aromatic N) is 3. The second-order valence-electron chi connectivity index (χ2n) is 5.55. The quantitative estimate of drug-likeness (QED) is 0.907. The van der Waals surface area contributed by atoms with Crippen LogP contribution in [0.25, 0.3) is 0 Å². The zero-order chi connectivity index (χ0) is 14.7. The topological polar surface area (TPSA) is 52.0 Å². The Hall–Kier alpha value is -1.88. The van der Waals surface area contributed by atoms with Crippen LogP contribution in [0, 0.1) is 5.92 Å². The fraction of sp³-hybridized carbons (Fsp3) is 0.500. The average molecular weight is 286 g/mol. The summed E-state index contributed by atoms with van der Waals surface area (Å²) in [5.74, 6) is 2.50. The van der Waals surface area contributed by atoms with Crippen LogP contribution in [0.5, 0.6) is 5.75 Å². The van der Waals surface area contributed by atoms with Crippen molar-refractivity contribution in [1.82, 2.24) is 20.1 Å². The van der Waals surface area contributed by atoms with Gasteiger partial charge in [0, 0.05) is 25.4 Å². The predicted octanol–water partition coefficient (Wildman–Crippen LogP) is 1.59. The molecule has 0 amide bonds. The van der Waals surface area contributed by atoms with Gasteiger partial charge in [0.25, 0.3) is 0 Å². The van der Waals surface area contributed by atoms with Crippen LogP contribution in [-0.2, 0) is 19.9 Å². The van der Waals surface area contributed by atoms with E-state index < -0.39 is 0 Å². The van der Waals surface area contributed by atoms with Crippen LogP contribution in [0.3, 0.4) is 0 Å². The Kier molecular flexibility index (Phi) is 4.20. The van der Waals surface area contributed by atoms with Crippen molar-refractivity contribution in [2.45, 2.75) is 25.8 Å². The molecule has 2 unspecified atom stereocenters. The van der Waals surface area contributed by atoms with Crippen molar-refractivity contribution in [3.05, 3.63) is 42.0 Å². The third-order valence-electron chi connectivity index (χ3n) is 4.15. The average Bonchev–Trinajstić information content (AvgIpc) is 2.91. The molecule has 1 aliphatic rings. The van der Waals surface area contributed by atoms with E-state index in [0.717, 1.165) is 37.6 Å². The van der Waals surface area contributed by atoms with Crippen LogP contribution in [0.15, 0.2) is 30.6 Å². The highest BCUT2D eigenvalue weighted by atomic mass is 16.5. The lowest BCUT2D eigenvalue weighted by Gasteiger charge is -2.32. The first-order valence-corrected chi connectivity index (χ1v) is 7.55. The molecular weight excluding hydrogens is 264 g/mol. The Morgan fingerprint density at radius 2 is 2.29 bits per heavy atom. The first kappa shape index (κ1) is 14.1. The lowest BCUT2D eigenvalue weighted by molar-refractivity contribution is 0.183. The number of aromatic nitrogens is 3. The summed E-state index contributed by atoms with van der Waals surface area (Å²) in [6.45, 7) is 3.84. The molecule has 112 valence electrons. The highest BCUT2D eigenvalue weighted by Gasteiger charge is 2.28. The molecular formula is C16H22N4O. The maximum absolute atomic E-state index is 5.93. The zero-order valence-electron chi connectivity index (χ0n) is 12.6. The number of rotatable bonds is 5. The lowest BCUT2D eigenvalue weighted by Crippen LogP contribution is -2.43. The van der Waals surface area contributed by atoms with Crippen LogP contribution in [-0.4, -0.2) is 34.0 Å². The number of para-hydroxylation sites is 1. The number of nitrogens with one attached hydrogen (secondary N) is 1. The van der Waals surface area contributed by atoms with Crippen LogP contribution >= 0.6 is 0 Å². The van der Waals surface area contributed by atoms with Gasteiger partial charge < -0.3 is 10.1 Å². The lowest BCUT2D eigenvalue weighted by atomic mass is 9.88. The van der Waals surface area contributed by atoms with Gasteiger partial charge in [-0.25, -0.2) is 4.98 Å². The number of ether oxygens (including phenoxy) is 1. The van der Waals surface area contributed by atoms with E-state index >= 15 is 0 Å². The molecule has 1 aromatic heterocycles. The maximum atomic E-state index is 5.93. The second kappa shape index (κ2) is 6.26. The molecule has 0 radical (unpaired) electrons. The summed E-state index contributed by atoms with van der Waals surface area (Å²) in [6, 6.07) is 8.67. The van der Waals surface area contributed by atoms with Gasteiger partial charge in [0.15, 0.2) is 0 Å². The number of hydrogen-bond donors (Lipinski definition) is 1. The van der Waals surface area contributed by atoms with Crippen molar-refractivity contribution >= 4 is 0 Å². The molecule has 21 heavy (non-hydrogen) atoms. The fourth-order valence-corrected chi connectivity index (χ4v) is 2.98. The van der Waals surface area contributed by atoms with Gasteiger partial charge >= 0.3 is 0 Å². The van der Waals surface area contributed by atoms with E-state index in [1.165, 1.54) is 5.56 Å². The highest BCUT2D eigenvalue weighted by Crippen LogP contribution is 2.29. The molecule has 5 nitrogen and oxygen atoms in total. The Bertz CT molecular complexity index is 595. The molecule has 0 saturated carbocycles. The molecule has 0 spiro atoms. The van der Waals surface area contributed by atoms with Gasteiger partial charge in [0.1, 0.15) is 17.9 Å². The van der Waals surface area contributed by atoms with E-state index in [2.05, 4.69) is 40.5 Å². The molecule has 2 aromatic rings. The predicted molar refractivity (Wildman–Crippen MR) is 81.3 cm³/mol. The van der Waals surface area contributed by atoms with Crippen molar-refractivity contribution in [3.63, 3.8) is 0 Å². The van der Waals surface area contributed by atoms with E-state index in [1.807, 2.05) is 17.8 Å². The van der Waals surface area contributed by atoms with Gasteiger partial charge in [-0.3, -0.25) is 4.68 Å². The largest absolute Gasteiger partial charge is 0.493 e. The third-order valence-corrected chi connectivity index (χ3v) is 4.15. The zero-order valence-corrected chi connectivity index (χ0v) is 12.6. The van der Waals surface area contributed by atoms with Crippen LogP contribution in [0.2, 0.25) is 0 Å². The minimum Gasteiger partial charge on any atom is -0.493 e. The second-order valence-corrected chi connectivity index (χ2v) is 5.55.